The summed E-state index contributed by atoms with van der Waals surface area (Å²) < 4.78 is 0. The van der Waals surface area contributed by atoms with Crippen molar-refractivity contribution in [2.45, 2.75) is 12.8 Å². The molecule has 1 fully saturated rings. The maximum absolute atomic E-state index is 11.9. The summed E-state index contributed by atoms with van der Waals surface area (Å²) in [5.74, 6) is 6.20. The number of anilines is 1. The highest BCUT2D eigenvalue weighted by Gasteiger charge is 2.17. The lowest BCUT2D eigenvalue weighted by molar-refractivity contribution is 0.222. The third-order valence-electron chi connectivity index (χ3n) is 2.72. The van der Waals surface area contributed by atoms with Crippen molar-refractivity contribution in [1.82, 2.24) is 9.88 Å². The van der Waals surface area contributed by atoms with Crippen LogP contribution < -0.4 is 11.1 Å². The molecule has 0 spiro atoms. The van der Waals surface area contributed by atoms with Crippen LogP contribution in [0.3, 0.4) is 0 Å². The number of nitrogens with zero attached hydrogens (tertiary/aromatic N) is 2. The molecular weight excluding hydrogens is 228 g/mol. The van der Waals surface area contributed by atoms with Gasteiger partial charge in [-0.1, -0.05) is 11.8 Å². The summed E-state index contributed by atoms with van der Waals surface area (Å²) in [6, 6.07) is 3.44. The van der Waals surface area contributed by atoms with Gasteiger partial charge in [0.05, 0.1) is 6.54 Å². The molecule has 5 heteroatoms. The molecule has 0 aliphatic carbocycles. The fraction of sp³-hybridized carbons (Fsp3) is 0.385. The third-order valence-corrected chi connectivity index (χ3v) is 2.72. The molecule has 1 aliphatic rings. The first-order chi connectivity index (χ1) is 8.79. The highest BCUT2D eigenvalue weighted by molar-refractivity contribution is 5.88. The standard InChI is InChI=1S/C13H16N4O/c14-6-3-4-11-5-7-15-12(10-11)16-13(18)17-8-1-2-9-17/h5,7,10H,1-2,6,8-9,14H2,(H,15,16,18). The van der Waals surface area contributed by atoms with Crippen molar-refractivity contribution in [3.63, 3.8) is 0 Å². The first-order valence-electron chi connectivity index (χ1n) is 6.00. The summed E-state index contributed by atoms with van der Waals surface area (Å²) in [6.07, 6.45) is 3.77. The number of likely N-dealkylation sites (tertiary alicyclic amines) is 1. The van der Waals surface area contributed by atoms with Gasteiger partial charge in [0, 0.05) is 24.8 Å². The summed E-state index contributed by atoms with van der Waals surface area (Å²) in [5.41, 5.74) is 6.11. The minimum atomic E-state index is -0.0936. The van der Waals surface area contributed by atoms with Gasteiger partial charge in [-0.3, -0.25) is 5.32 Å². The highest BCUT2D eigenvalue weighted by Crippen LogP contribution is 2.11. The van der Waals surface area contributed by atoms with Crippen LogP contribution in [0.4, 0.5) is 10.6 Å². The van der Waals surface area contributed by atoms with Gasteiger partial charge in [-0.05, 0) is 25.0 Å². The lowest BCUT2D eigenvalue weighted by atomic mass is 10.2. The largest absolute Gasteiger partial charge is 0.324 e. The Labute approximate surface area is 106 Å². The quantitative estimate of drug-likeness (QED) is 0.724. The number of carbonyl (C=O) groups is 1. The van der Waals surface area contributed by atoms with Crippen LogP contribution in [0.25, 0.3) is 0 Å². The number of hydrogen-bond donors (Lipinski definition) is 2. The molecular formula is C13H16N4O. The van der Waals surface area contributed by atoms with Gasteiger partial charge in [-0.15, -0.1) is 0 Å². The van der Waals surface area contributed by atoms with E-state index in [0.717, 1.165) is 31.5 Å². The van der Waals surface area contributed by atoms with Gasteiger partial charge in [-0.2, -0.15) is 0 Å². The number of rotatable bonds is 1. The predicted molar refractivity (Wildman–Crippen MR) is 70.0 cm³/mol. The zero-order chi connectivity index (χ0) is 12.8. The van der Waals surface area contributed by atoms with Gasteiger partial charge in [0.2, 0.25) is 0 Å². The van der Waals surface area contributed by atoms with Crippen molar-refractivity contribution in [2.24, 2.45) is 5.73 Å². The second-order valence-electron chi connectivity index (χ2n) is 4.06. The fourth-order valence-corrected chi connectivity index (χ4v) is 1.84. The number of hydrogen-bond acceptors (Lipinski definition) is 3. The van der Waals surface area contributed by atoms with Crippen molar-refractivity contribution in [1.29, 1.82) is 0 Å². The molecule has 1 aromatic heterocycles. The molecule has 0 atom stereocenters. The van der Waals surface area contributed by atoms with Gasteiger partial charge < -0.3 is 10.6 Å². The Hall–Kier alpha value is -2.06. The fourth-order valence-electron chi connectivity index (χ4n) is 1.84. The Kier molecular flexibility index (Phi) is 4.15. The number of carbonyl (C=O) groups excluding carboxylic acids is 1. The van der Waals surface area contributed by atoms with Gasteiger partial charge in [0.15, 0.2) is 0 Å². The number of nitrogens with two attached hydrogens (primary N) is 1. The minimum absolute atomic E-state index is 0.0936. The van der Waals surface area contributed by atoms with Gasteiger partial charge >= 0.3 is 6.03 Å². The average molecular weight is 244 g/mol. The van der Waals surface area contributed by atoms with E-state index in [2.05, 4.69) is 22.1 Å². The van der Waals surface area contributed by atoms with Crippen molar-refractivity contribution in [2.75, 3.05) is 25.0 Å². The topological polar surface area (TPSA) is 71.2 Å². The molecule has 2 rings (SSSR count). The van der Waals surface area contributed by atoms with E-state index in [-0.39, 0.29) is 6.03 Å². The molecule has 18 heavy (non-hydrogen) atoms. The van der Waals surface area contributed by atoms with Crippen molar-refractivity contribution in [3.8, 4) is 11.8 Å². The molecule has 2 amide bonds. The second kappa shape index (κ2) is 6.03. The summed E-state index contributed by atoms with van der Waals surface area (Å²) >= 11 is 0. The zero-order valence-corrected chi connectivity index (χ0v) is 10.1. The van der Waals surface area contributed by atoms with Gasteiger partial charge in [0.1, 0.15) is 5.82 Å². The van der Waals surface area contributed by atoms with E-state index in [4.69, 9.17) is 5.73 Å². The third kappa shape index (κ3) is 3.22. The number of amides is 2. The van der Waals surface area contributed by atoms with E-state index in [1.807, 2.05) is 0 Å². The number of aromatic nitrogens is 1. The molecule has 94 valence electrons. The van der Waals surface area contributed by atoms with Gasteiger partial charge in [0.25, 0.3) is 0 Å². The smallest absolute Gasteiger partial charge is 0.323 e. The van der Waals surface area contributed by atoms with Crippen LogP contribution in [0, 0.1) is 11.8 Å². The monoisotopic (exact) mass is 244 g/mol. The molecule has 0 bridgehead atoms. The number of urea groups is 1. The molecule has 2 heterocycles. The summed E-state index contributed by atoms with van der Waals surface area (Å²) in [6.45, 7) is 1.95. The molecule has 1 aliphatic heterocycles. The normalized spacial score (nSPS) is 13.9. The zero-order valence-electron chi connectivity index (χ0n) is 10.1. The SMILES string of the molecule is NCC#Cc1ccnc(NC(=O)N2CCCC2)c1. The Morgan fingerprint density at radius 2 is 2.28 bits per heavy atom. The molecule has 3 N–H and O–H groups in total. The average Bonchev–Trinajstić information content (AvgIpc) is 2.91. The van der Waals surface area contributed by atoms with Crippen LogP contribution in [0.5, 0.6) is 0 Å². The maximum Gasteiger partial charge on any atom is 0.323 e. The first-order valence-corrected chi connectivity index (χ1v) is 6.00. The number of pyridine rings is 1. The maximum atomic E-state index is 11.9. The molecule has 0 radical (unpaired) electrons. The van der Waals surface area contributed by atoms with Crippen LogP contribution in [-0.2, 0) is 0 Å². The molecule has 0 aromatic carbocycles. The lowest BCUT2D eigenvalue weighted by Crippen LogP contribution is -2.32. The van der Waals surface area contributed by atoms with E-state index in [0.29, 0.717) is 12.4 Å². The van der Waals surface area contributed by atoms with E-state index < -0.39 is 0 Å². The Morgan fingerprint density at radius 1 is 1.50 bits per heavy atom. The van der Waals surface area contributed by atoms with Crippen LogP contribution in [0.2, 0.25) is 0 Å². The number of nitrogens with one attached hydrogen (secondary N) is 1. The van der Waals surface area contributed by atoms with Crippen LogP contribution in [0.15, 0.2) is 18.3 Å². The van der Waals surface area contributed by atoms with Gasteiger partial charge in [-0.25, -0.2) is 9.78 Å². The summed E-state index contributed by atoms with van der Waals surface area (Å²) in [7, 11) is 0. The molecule has 0 saturated carbocycles. The molecule has 5 nitrogen and oxygen atoms in total. The predicted octanol–water partition coefficient (Wildman–Crippen LogP) is 1.02. The Balaban J connectivity index is 2.02. The Morgan fingerprint density at radius 3 is 3.00 bits per heavy atom. The van der Waals surface area contributed by atoms with Crippen molar-refractivity contribution >= 4 is 11.8 Å². The van der Waals surface area contributed by atoms with Crippen LogP contribution >= 0.6 is 0 Å². The molecule has 0 unspecified atom stereocenters. The van der Waals surface area contributed by atoms with E-state index in [9.17, 15) is 4.79 Å². The van der Waals surface area contributed by atoms with E-state index in [1.54, 1.807) is 23.2 Å². The second-order valence-corrected chi connectivity index (χ2v) is 4.06. The van der Waals surface area contributed by atoms with Crippen LogP contribution in [0.1, 0.15) is 18.4 Å². The van der Waals surface area contributed by atoms with Crippen molar-refractivity contribution < 1.29 is 4.79 Å². The highest BCUT2D eigenvalue weighted by atomic mass is 16.2. The van der Waals surface area contributed by atoms with E-state index >= 15 is 0 Å². The first kappa shape index (κ1) is 12.4. The van der Waals surface area contributed by atoms with Crippen molar-refractivity contribution in [3.05, 3.63) is 23.9 Å². The minimum Gasteiger partial charge on any atom is -0.324 e. The van der Waals surface area contributed by atoms with Crippen LogP contribution in [-0.4, -0.2) is 35.5 Å². The summed E-state index contributed by atoms with van der Waals surface area (Å²) in [5, 5.41) is 2.78. The van der Waals surface area contributed by atoms with E-state index in [1.165, 1.54) is 0 Å². The lowest BCUT2D eigenvalue weighted by Gasteiger charge is -2.15. The summed E-state index contributed by atoms with van der Waals surface area (Å²) in [4.78, 5) is 17.8. The molecule has 1 saturated heterocycles. The molecule has 1 aromatic rings. The Bertz CT molecular complexity index is 483.